The lowest BCUT2D eigenvalue weighted by Gasteiger charge is -2.33. The maximum atomic E-state index is 11.3. The second kappa shape index (κ2) is 7.03. The van der Waals surface area contributed by atoms with Gasteiger partial charge in [-0.3, -0.25) is 9.69 Å². The number of piperidine rings is 1. The number of hydrogen-bond acceptors (Lipinski definition) is 4. The van der Waals surface area contributed by atoms with Gasteiger partial charge in [0.05, 0.1) is 6.54 Å². The summed E-state index contributed by atoms with van der Waals surface area (Å²) in [4.78, 5) is 13.6. The van der Waals surface area contributed by atoms with E-state index in [0.29, 0.717) is 18.6 Å². The van der Waals surface area contributed by atoms with Gasteiger partial charge in [-0.05, 0) is 42.2 Å². The highest BCUT2D eigenvalue weighted by Gasteiger charge is 2.21. The molecule has 0 aliphatic carbocycles. The first kappa shape index (κ1) is 14.5. The lowest BCUT2D eigenvalue weighted by Crippen LogP contribution is -2.46. The summed E-state index contributed by atoms with van der Waals surface area (Å²) in [5, 5.41) is 10.7. The predicted molar refractivity (Wildman–Crippen MR) is 79.4 cm³/mol. The minimum atomic E-state index is 0.109. The molecule has 1 aliphatic heterocycles. The Kier molecular flexibility index (Phi) is 5.36. The van der Waals surface area contributed by atoms with Gasteiger partial charge in [0.2, 0.25) is 5.91 Å². The van der Waals surface area contributed by atoms with E-state index in [1.165, 1.54) is 5.56 Å². The van der Waals surface area contributed by atoms with Crippen molar-refractivity contribution in [3.05, 3.63) is 22.4 Å². The molecule has 0 aromatic carbocycles. The first-order valence-electron chi connectivity index (χ1n) is 6.90. The Labute approximate surface area is 119 Å². The van der Waals surface area contributed by atoms with Crippen LogP contribution in [0.25, 0.3) is 0 Å². The van der Waals surface area contributed by atoms with E-state index in [1.807, 2.05) is 0 Å². The van der Waals surface area contributed by atoms with Gasteiger partial charge in [0.15, 0.2) is 0 Å². The van der Waals surface area contributed by atoms with Crippen molar-refractivity contribution >= 4 is 17.2 Å². The summed E-state index contributed by atoms with van der Waals surface area (Å²) < 4.78 is 0. The van der Waals surface area contributed by atoms with E-state index < -0.39 is 0 Å². The summed E-state index contributed by atoms with van der Waals surface area (Å²) in [6.45, 7) is 4.76. The molecule has 0 spiro atoms. The van der Waals surface area contributed by atoms with E-state index in [0.717, 1.165) is 25.9 Å². The van der Waals surface area contributed by atoms with Crippen molar-refractivity contribution in [1.29, 1.82) is 0 Å². The SMILES string of the molecule is CNC(=O)CN1CCC(NC(C)c2ccsc2)CC1. The smallest absolute Gasteiger partial charge is 0.233 e. The highest BCUT2D eigenvalue weighted by Crippen LogP contribution is 2.19. The minimum Gasteiger partial charge on any atom is -0.358 e. The van der Waals surface area contributed by atoms with Crippen molar-refractivity contribution in [2.45, 2.75) is 31.8 Å². The molecule has 1 unspecified atom stereocenters. The molecule has 1 aromatic heterocycles. The molecule has 5 heteroatoms. The van der Waals surface area contributed by atoms with E-state index in [2.05, 4.69) is 39.3 Å². The lowest BCUT2D eigenvalue weighted by molar-refractivity contribution is -0.122. The van der Waals surface area contributed by atoms with Gasteiger partial charge < -0.3 is 10.6 Å². The molecule has 0 bridgehead atoms. The summed E-state index contributed by atoms with van der Waals surface area (Å²) in [6, 6.07) is 3.17. The highest BCUT2D eigenvalue weighted by molar-refractivity contribution is 7.07. The molecular weight excluding hydrogens is 258 g/mol. The molecule has 1 atom stereocenters. The second-order valence-corrected chi connectivity index (χ2v) is 5.95. The zero-order valence-corrected chi connectivity index (χ0v) is 12.5. The topological polar surface area (TPSA) is 44.4 Å². The van der Waals surface area contributed by atoms with Crippen molar-refractivity contribution in [1.82, 2.24) is 15.5 Å². The minimum absolute atomic E-state index is 0.109. The fourth-order valence-electron chi connectivity index (χ4n) is 2.51. The molecule has 106 valence electrons. The van der Waals surface area contributed by atoms with Crippen molar-refractivity contribution < 1.29 is 4.79 Å². The van der Waals surface area contributed by atoms with Gasteiger partial charge in [-0.2, -0.15) is 11.3 Å². The third kappa shape index (κ3) is 4.30. The van der Waals surface area contributed by atoms with Crippen LogP contribution in [0.4, 0.5) is 0 Å². The van der Waals surface area contributed by atoms with Crippen LogP contribution in [0.2, 0.25) is 0 Å². The Morgan fingerprint density at radius 3 is 2.84 bits per heavy atom. The van der Waals surface area contributed by atoms with Gasteiger partial charge in [0.1, 0.15) is 0 Å². The summed E-state index contributed by atoms with van der Waals surface area (Å²) in [7, 11) is 1.69. The van der Waals surface area contributed by atoms with Crippen molar-refractivity contribution in [3.63, 3.8) is 0 Å². The predicted octanol–water partition coefficient (Wildman–Crippen LogP) is 1.61. The number of carbonyl (C=O) groups excluding carboxylic acids is 1. The maximum absolute atomic E-state index is 11.3. The average Bonchev–Trinajstić information content (AvgIpc) is 2.95. The summed E-state index contributed by atoms with van der Waals surface area (Å²) in [6.07, 6.45) is 2.23. The van der Waals surface area contributed by atoms with Crippen molar-refractivity contribution in [3.8, 4) is 0 Å². The number of nitrogens with one attached hydrogen (secondary N) is 2. The Morgan fingerprint density at radius 1 is 1.53 bits per heavy atom. The fraction of sp³-hybridized carbons (Fsp3) is 0.643. The Hall–Kier alpha value is -0.910. The largest absolute Gasteiger partial charge is 0.358 e. The summed E-state index contributed by atoms with van der Waals surface area (Å²) in [5.41, 5.74) is 1.37. The van der Waals surface area contributed by atoms with Gasteiger partial charge >= 0.3 is 0 Å². The Bertz CT molecular complexity index is 385. The number of thiophene rings is 1. The van der Waals surface area contributed by atoms with Crippen LogP contribution < -0.4 is 10.6 Å². The first-order valence-corrected chi connectivity index (χ1v) is 7.84. The van der Waals surface area contributed by atoms with Crippen molar-refractivity contribution in [2.24, 2.45) is 0 Å². The standard InChI is InChI=1S/C14H23N3OS/c1-11(12-5-8-19-10-12)16-13-3-6-17(7-4-13)9-14(18)15-2/h5,8,10-11,13,16H,3-4,6-7,9H2,1-2H3,(H,15,18). The number of carbonyl (C=O) groups is 1. The molecule has 1 saturated heterocycles. The Morgan fingerprint density at radius 2 is 2.26 bits per heavy atom. The normalized spacial score (nSPS) is 19.3. The number of hydrogen-bond donors (Lipinski definition) is 2. The third-order valence-corrected chi connectivity index (χ3v) is 4.46. The van der Waals surface area contributed by atoms with Gasteiger partial charge in [-0.15, -0.1) is 0 Å². The summed E-state index contributed by atoms with van der Waals surface area (Å²) in [5.74, 6) is 0.109. The number of nitrogens with zero attached hydrogens (tertiary/aromatic N) is 1. The van der Waals surface area contributed by atoms with Gasteiger partial charge in [-0.25, -0.2) is 0 Å². The highest BCUT2D eigenvalue weighted by atomic mass is 32.1. The summed E-state index contributed by atoms with van der Waals surface area (Å²) >= 11 is 1.75. The van der Waals surface area contributed by atoms with E-state index >= 15 is 0 Å². The second-order valence-electron chi connectivity index (χ2n) is 5.17. The van der Waals surface area contributed by atoms with Crippen LogP contribution in [0.1, 0.15) is 31.4 Å². The van der Waals surface area contributed by atoms with Gasteiger partial charge in [-0.1, -0.05) is 0 Å². The van der Waals surface area contributed by atoms with Crippen LogP contribution in [0, 0.1) is 0 Å². The molecule has 19 heavy (non-hydrogen) atoms. The molecule has 0 radical (unpaired) electrons. The molecule has 2 rings (SSSR count). The number of likely N-dealkylation sites (tertiary alicyclic amines) is 1. The molecule has 1 fully saturated rings. The Balaban J connectivity index is 1.73. The lowest BCUT2D eigenvalue weighted by atomic mass is 10.0. The fourth-order valence-corrected chi connectivity index (χ4v) is 3.27. The molecule has 4 nitrogen and oxygen atoms in total. The van der Waals surface area contributed by atoms with Crippen LogP contribution in [0.15, 0.2) is 16.8 Å². The molecule has 1 aliphatic rings. The quantitative estimate of drug-likeness (QED) is 0.862. The van der Waals surface area contributed by atoms with Gasteiger partial charge in [0, 0.05) is 32.2 Å². The van der Waals surface area contributed by atoms with E-state index in [-0.39, 0.29) is 5.91 Å². The van der Waals surface area contributed by atoms with Gasteiger partial charge in [0.25, 0.3) is 0 Å². The third-order valence-electron chi connectivity index (χ3n) is 3.76. The van der Waals surface area contributed by atoms with E-state index in [9.17, 15) is 4.79 Å². The van der Waals surface area contributed by atoms with Crippen molar-refractivity contribution in [2.75, 3.05) is 26.7 Å². The van der Waals surface area contributed by atoms with Crippen LogP contribution in [-0.4, -0.2) is 43.5 Å². The van der Waals surface area contributed by atoms with Crippen LogP contribution >= 0.6 is 11.3 Å². The molecule has 2 heterocycles. The van der Waals surface area contributed by atoms with Crippen LogP contribution in [-0.2, 0) is 4.79 Å². The molecule has 2 N–H and O–H groups in total. The zero-order valence-electron chi connectivity index (χ0n) is 11.7. The molecule has 1 aromatic rings. The van der Waals surface area contributed by atoms with Crippen LogP contribution in [0.5, 0.6) is 0 Å². The average molecular weight is 281 g/mol. The monoisotopic (exact) mass is 281 g/mol. The number of rotatable bonds is 5. The molecular formula is C14H23N3OS. The van der Waals surface area contributed by atoms with E-state index in [1.54, 1.807) is 18.4 Å². The van der Waals surface area contributed by atoms with E-state index in [4.69, 9.17) is 0 Å². The molecule has 1 amide bonds. The molecule has 0 saturated carbocycles. The van der Waals surface area contributed by atoms with Crippen LogP contribution in [0.3, 0.4) is 0 Å². The first-order chi connectivity index (χ1) is 9.19. The zero-order chi connectivity index (χ0) is 13.7. The number of likely N-dealkylation sites (N-methyl/N-ethyl adjacent to an activating group) is 1. The maximum Gasteiger partial charge on any atom is 0.233 e. The number of amides is 1.